The Kier molecular flexibility index (Phi) is 1.37. The van der Waals surface area contributed by atoms with Gasteiger partial charge in [-0.15, -0.1) is 0 Å². The van der Waals surface area contributed by atoms with E-state index in [2.05, 4.69) is 9.97 Å². The molecular weight excluding hydrogens is 176 g/mol. The molecule has 14 heavy (non-hydrogen) atoms. The third kappa shape index (κ3) is 0.937. The van der Waals surface area contributed by atoms with E-state index in [9.17, 15) is 0 Å². The Labute approximate surface area is 81.8 Å². The van der Waals surface area contributed by atoms with E-state index in [1.807, 2.05) is 17.8 Å². The van der Waals surface area contributed by atoms with E-state index in [1.54, 1.807) is 6.33 Å². The lowest BCUT2D eigenvalue weighted by molar-refractivity contribution is 0.934. The first-order valence-corrected chi connectivity index (χ1v) is 4.83. The van der Waals surface area contributed by atoms with Crippen LogP contribution in [0.3, 0.4) is 0 Å². The maximum Gasteiger partial charge on any atom is 0.145 e. The predicted octanol–water partition coefficient (Wildman–Crippen LogP) is 1.43. The van der Waals surface area contributed by atoms with Crippen molar-refractivity contribution in [3.8, 4) is 0 Å². The van der Waals surface area contributed by atoms with Gasteiger partial charge in [-0.1, -0.05) is 0 Å². The number of hydrogen-bond donors (Lipinski definition) is 1. The van der Waals surface area contributed by atoms with Gasteiger partial charge in [0.25, 0.3) is 0 Å². The maximum absolute atomic E-state index is 5.94. The summed E-state index contributed by atoms with van der Waals surface area (Å²) in [5.41, 5.74) is 8.82. The summed E-state index contributed by atoms with van der Waals surface area (Å²) >= 11 is 0. The molecule has 0 unspecified atom stereocenters. The number of anilines is 1. The number of hydrogen-bond acceptors (Lipinski definition) is 3. The molecule has 1 aliphatic carbocycles. The van der Waals surface area contributed by atoms with Gasteiger partial charge in [0.2, 0.25) is 0 Å². The normalized spacial score (nSPS) is 16.4. The predicted molar refractivity (Wildman–Crippen MR) is 54.9 cm³/mol. The quantitative estimate of drug-likeness (QED) is 0.736. The Balaban J connectivity index is 2.38. The number of nitrogens with two attached hydrogens (primary N) is 1. The number of nitrogen functional groups attached to an aromatic ring is 1. The lowest BCUT2D eigenvalue weighted by Gasteiger charge is -2.00. The molecule has 2 heterocycles. The summed E-state index contributed by atoms with van der Waals surface area (Å²) in [6.45, 7) is 0. The van der Waals surface area contributed by atoms with Crippen molar-refractivity contribution in [3.05, 3.63) is 18.2 Å². The van der Waals surface area contributed by atoms with Gasteiger partial charge in [0, 0.05) is 19.2 Å². The molecule has 0 radical (unpaired) electrons. The molecule has 0 saturated heterocycles. The summed E-state index contributed by atoms with van der Waals surface area (Å²) in [5.74, 6) is 0.616. The molecule has 0 spiro atoms. The minimum absolute atomic E-state index is 0.616. The van der Waals surface area contributed by atoms with Crippen molar-refractivity contribution in [2.45, 2.75) is 18.8 Å². The van der Waals surface area contributed by atoms with Crippen molar-refractivity contribution in [1.29, 1.82) is 0 Å². The Morgan fingerprint density at radius 3 is 2.93 bits per heavy atom. The van der Waals surface area contributed by atoms with Gasteiger partial charge in [-0.2, -0.15) is 0 Å². The van der Waals surface area contributed by atoms with E-state index in [1.165, 1.54) is 12.8 Å². The molecule has 2 N–H and O–H groups in total. The molecule has 1 aliphatic rings. The van der Waals surface area contributed by atoms with Crippen LogP contribution in [-0.4, -0.2) is 14.5 Å². The summed E-state index contributed by atoms with van der Waals surface area (Å²) in [7, 11) is 1.96. The topological polar surface area (TPSA) is 56.7 Å². The molecule has 72 valence electrons. The first kappa shape index (κ1) is 7.79. The largest absolute Gasteiger partial charge is 0.397 e. The lowest BCUT2D eigenvalue weighted by Crippen LogP contribution is -1.93. The number of fused-ring (bicyclic) bond motifs is 1. The van der Waals surface area contributed by atoms with Crippen molar-refractivity contribution in [3.63, 3.8) is 0 Å². The van der Waals surface area contributed by atoms with Gasteiger partial charge in [-0.25, -0.2) is 9.97 Å². The van der Waals surface area contributed by atoms with Gasteiger partial charge in [0.1, 0.15) is 12.0 Å². The molecule has 0 bridgehead atoms. The molecule has 0 amide bonds. The van der Waals surface area contributed by atoms with Crippen LogP contribution in [0.25, 0.3) is 11.0 Å². The zero-order valence-corrected chi connectivity index (χ0v) is 8.07. The molecule has 2 aromatic heterocycles. The average Bonchev–Trinajstić information content (AvgIpc) is 2.96. The Bertz CT molecular complexity index is 496. The number of aromatic nitrogens is 3. The Hall–Kier alpha value is -1.58. The highest BCUT2D eigenvalue weighted by atomic mass is 15.0. The van der Waals surface area contributed by atoms with Crippen LogP contribution in [0.4, 0.5) is 5.69 Å². The third-order valence-electron chi connectivity index (χ3n) is 2.78. The molecule has 1 fully saturated rings. The standard InChI is InChI=1S/C10H12N4/c1-14-4-7(11)8-9(6-2-3-6)12-5-13-10(8)14/h4-6H,2-3,11H2,1H3. The minimum atomic E-state index is 0.616. The van der Waals surface area contributed by atoms with Gasteiger partial charge in [0.15, 0.2) is 0 Å². The fourth-order valence-corrected chi connectivity index (χ4v) is 1.93. The Morgan fingerprint density at radius 2 is 2.21 bits per heavy atom. The lowest BCUT2D eigenvalue weighted by atomic mass is 10.2. The van der Waals surface area contributed by atoms with Crippen molar-refractivity contribution < 1.29 is 0 Å². The fraction of sp³-hybridized carbons (Fsp3) is 0.400. The monoisotopic (exact) mass is 188 g/mol. The van der Waals surface area contributed by atoms with Crippen LogP contribution in [0, 0.1) is 0 Å². The first-order chi connectivity index (χ1) is 6.77. The van der Waals surface area contributed by atoms with E-state index in [4.69, 9.17) is 5.73 Å². The number of rotatable bonds is 1. The van der Waals surface area contributed by atoms with Crippen molar-refractivity contribution in [1.82, 2.24) is 14.5 Å². The summed E-state index contributed by atoms with van der Waals surface area (Å²) in [5, 5.41) is 1.05. The molecule has 1 saturated carbocycles. The molecule has 3 rings (SSSR count). The van der Waals surface area contributed by atoms with Crippen LogP contribution in [-0.2, 0) is 7.05 Å². The number of nitrogens with zero attached hydrogens (tertiary/aromatic N) is 3. The zero-order chi connectivity index (χ0) is 9.71. The van der Waals surface area contributed by atoms with Gasteiger partial charge in [0.05, 0.1) is 16.8 Å². The molecule has 0 aliphatic heterocycles. The van der Waals surface area contributed by atoms with Crippen LogP contribution in [0.15, 0.2) is 12.5 Å². The van der Waals surface area contributed by atoms with Crippen LogP contribution < -0.4 is 5.73 Å². The van der Waals surface area contributed by atoms with E-state index < -0.39 is 0 Å². The van der Waals surface area contributed by atoms with Crippen LogP contribution >= 0.6 is 0 Å². The average molecular weight is 188 g/mol. The van der Waals surface area contributed by atoms with Crippen LogP contribution in [0.2, 0.25) is 0 Å². The van der Waals surface area contributed by atoms with Crippen LogP contribution in [0.5, 0.6) is 0 Å². The Morgan fingerprint density at radius 1 is 1.43 bits per heavy atom. The van der Waals surface area contributed by atoms with Crippen molar-refractivity contribution in [2.24, 2.45) is 7.05 Å². The van der Waals surface area contributed by atoms with Crippen molar-refractivity contribution in [2.75, 3.05) is 5.73 Å². The first-order valence-electron chi connectivity index (χ1n) is 4.83. The second-order valence-corrected chi connectivity index (χ2v) is 3.93. The SMILES string of the molecule is Cn1cc(N)c2c(C3CC3)ncnc21. The van der Waals surface area contributed by atoms with Gasteiger partial charge < -0.3 is 10.3 Å². The second kappa shape index (κ2) is 2.47. The zero-order valence-electron chi connectivity index (χ0n) is 8.07. The number of aryl methyl sites for hydroxylation is 1. The maximum atomic E-state index is 5.94. The molecule has 2 aromatic rings. The van der Waals surface area contributed by atoms with Crippen LogP contribution in [0.1, 0.15) is 24.5 Å². The van der Waals surface area contributed by atoms with Gasteiger partial charge >= 0.3 is 0 Å². The summed E-state index contributed by atoms with van der Waals surface area (Å²) in [6, 6.07) is 0. The molecule has 0 aromatic carbocycles. The highest BCUT2D eigenvalue weighted by Crippen LogP contribution is 2.42. The van der Waals surface area contributed by atoms with E-state index in [0.717, 1.165) is 22.4 Å². The van der Waals surface area contributed by atoms with Gasteiger partial charge in [-0.3, -0.25) is 0 Å². The highest BCUT2D eigenvalue weighted by Gasteiger charge is 2.28. The molecule has 0 atom stereocenters. The van der Waals surface area contributed by atoms with E-state index >= 15 is 0 Å². The minimum Gasteiger partial charge on any atom is -0.397 e. The van der Waals surface area contributed by atoms with E-state index in [-0.39, 0.29) is 0 Å². The summed E-state index contributed by atoms with van der Waals surface area (Å²) < 4.78 is 1.96. The summed E-state index contributed by atoms with van der Waals surface area (Å²) in [6.07, 6.45) is 6.02. The van der Waals surface area contributed by atoms with E-state index in [0.29, 0.717) is 5.92 Å². The smallest absolute Gasteiger partial charge is 0.145 e. The second-order valence-electron chi connectivity index (χ2n) is 3.93. The van der Waals surface area contributed by atoms with Crippen molar-refractivity contribution >= 4 is 16.7 Å². The van der Waals surface area contributed by atoms with Gasteiger partial charge in [-0.05, 0) is 12.8 Å². The highest BCUT2D eigenvalue weighted by molar-refractivity contribution is 5.91. The molecule has 4 nitrogen and oxygen atoms in total. The summed E-state index contributed by atoms with van der Waals surface area (Å²) in [4.78, 5) is 8.58. The molecule has 4 heteroatoms. The fourth-order valence-electron chi connectivity index (χ4n) is 1.93. The molecular formula is C10H12N4. The third-order valence-corrected chi connectivity index (χ3v) is 2.78.